The van der Waals surface area contributed by atoms with Gasteiger partial charge in [0.2, 0.25) is 5.91 Å². The smallest absolute Gasteiger partial charge is 0.341 e. The number of thioether (sulfide) groups is 2. The zero-order valence-corrected chi connectivity index (χ0v) is 18.3. The molecule has 1 N–H and O–H groups in total. The van der Waals surface area contributed by atoms with E-state index < -0.39 is 5.97 Å². The van der Waals surface area contributed by atoms with E-state index in [1.807, 2.05) is 13.8 Å². The summed E-state index contributed by atoms with van der Waals surface area (Å²) in [6, 6.07) is 0. The van der Waals surface area contributed by atoms with Crippen molar-refractivity contribution in [1.82, 2.24) is 10.2 Å². The van der Waals surface area contributed by atoms with E-state index in [2.05, 4.69) is 22.4 Å². The van der Waals surface area contributed by atoms with Crippen molar-refractivity contribution in [2.45, 2.75) is 42.3 Å². The molecule has 0 unspecified atom stereocenters. The van der Waals surface area contributed by atoms with Gasteiger partial charge in [0.15, 0.2) is 8.68 Å². The van der Waals surface area contributed by atoms with Crippen molar-refractivity contribution < 1.29 is 14.3 Å². The van der Waals surface area contributed by atoms with Crippen molar-refractivity contribution in [2.75, 3.05) is 23.9 Å². The van der Waals surface area contributed by atoms with Crippen LogP contribution in [0.5, 0.6) is 0 Å². The van der Waals surface area contributed by atoms with Crippen LogP contribution >= 0.6 is 46.2 Å². The molecule has 2 aromatic rings. The second-order valence-electron chi connectivity index (χ2n) is 5.35. The predicted octanol–water partition coefficient (Wildman–Crippen LogP) is 4.63. The second kappa shape index (κ2) is 10.3. The molecule has 6 nitrogen and oxygen atoms in total. The molecular weight excluding hydrogens is 410 g/mol. The number of hydrogen-bond donors (Lipinski definition) is 1. The van der Waals surface area contributed by atoms with Gasteiger partial charge in [-0.1, -0.05) is 48.2 Å². The van der Waals surface area contributed by atoms with Gasteiger partial charge in [0.25, 0.3) is 0 Å². The summed E-state index contributed by atoms with van der Waals surface area (Å²) in [5.74, 6) is 0.624. The fourth-order valence-corrected chi connectivity index (χ4v) is 6.01. The largest absolute Gasteiger partial charge is 0.465 e. The number of ether oxygens (including phenoxy) is 1. The van der Waals surface area contributed by atoms with E-state index in [9.17, 15) is 9.59 Å². The van der Waals surface area contributed by atoms with Gasteiger partial charge in [-0.2, -0.15) is 0 Å². The summed E-state index contributed by atoms with van der Waals surface area (Å²) in [6.45, 7) is 5.92. The zero-order chi connectivity index (χ0) is 19.1. The standard InChI is InChI=1S/C16H21N3O3S4/c1-5-6-7-23-15-18-19-16(26-15)24-8-11(20)17-13-12(14(21)22-4)9(2)10(3)25-13/h5-8H2,1-4H3,(H,17,20). The third-order valence-corrected chi connectivity index (χ3v) is 7.86. The Bertz CT molecular complexity index is 773. The lowest BCUT2D eigenvalue weighted by Crippen LogP contribution is -2.16. The van der Waals surface area contributed by atoms with E-state index in [-0.39, 0.29) is 11.7 Å². The highest BCUT2D eigenvalue weighted by atomic mass is 32.2. The molecule has 26 heavy (non-hydrogen) atoms. The van der Waals surface area contributed by atoms with Crippen molar-refractivity contribution in [3.05, 3.63) is 16.0 Å². The van der Waals surface area contributed by atoms with E-state index in [0.29, 0.717) is 10.6 Å². The maximum Gasteiger partial charge on any atom is 0.341 e. The molecule has 2 heterocycles. The first-order valence-electron chi connectivity index (χ1n) is 8.03. The first-order chi connectivity index (χ1) is 12.5. The van der Waals surface area contributed by atoms with Crippen LogP contribution in [0.2, 0.25) is 0 Å². The molecule has 142 valence electrons. The number of nitrogens with one attached hydrogen (secondary N) is 1. The van der Waals surface area contributed by atoms with Crippen LogP contribution in [-0.2, 0) is 9.53 Å². The lowest BCUT2D eigenvalue weighted by Gasteiger charge is -2.05. The van der Waals surface area contributed by atoms with Gasteiger partial charge < -0.3 is 10.1 Å². The molecule has 0 spiro atoms. The number of carbonyl (C=O) groups excluding carboxylic acids is 2. The van der Waals surface area contributed by atoms with Gasteiger partial charge in [-0.05, 0) is 25.8 Å². The molecule has 0 saturated heterocycles. The third kappa shape index (κ3) is 5.70. The van der Waals surface area contributed by atoms with Crippen LogP contribution in [0.1, 0.15) is 40.6 Å². The Morgan fingerprint density at radius 1 is 1.15 bits per heavy atom. The summed E-state index contributed by atoms with van der Waals surface area (Å²) in [7, 11) is 1.34. The molecule has 0 radical (unpaired) electrons. The molecule has 0 fully saturated rings. The van der Waals surface area contributed by atoms with E-state index in [1.165, 1.54) is 41.5 Å². The van der Waals surface area contributed by atoms with E-state index >= 15 is 0 Å². The molecule has 0 saturated carbocycles. The summed E-state index contributed by atoms with van der Waals surface area (Å²) in [6.07, 6.45) is 2.31. The number of unbranched alkanes of at least 4 members (excludes halogenated alkanes) is 1. The van der Waals surface area contributed by atoms with E-state index in [4.69, 9.17) is 4.74 Å². The van der Waals surface area contributed by atoms with E-state index in [0.717, 1.165) is 37.7 Å². The first-order valence-corrected chi connectivity index (χ1v) is 11.6. The predicted molar refractivity (Wildman–Crippen MR) is 110 cm³/mol. The van der Waals surface area contributed by atoms with Gasteiger partial charge in [-0.3, -0.25) is 4.79 Å². The second-order valence-corrected chi connectivity index (χ2v) is 10.1. The average molecular weight is 432 g/mol. The minimum absolute atomic E-state index is 0.184. The number of aryl methyl sites for hydroxylation is 1. The number of methoxy groups -OCH3 is 1. The van der Waals surface area contributed by atoms with Crippen LogP contribution in [0.3, 0.4) is 0 Å². The molecule has 0 aromatic carbocycles. The molecule has 0 aliphatic carbocycles. The summed E-state index contributed by atoms with van der Waals surface area (Å²) in [5.41, 5.74) is 1.27. The van der Waals surface area contributed by atoms with Gasteiger partial charge in [0.1, 0.15) is 5.00 Å². The summed E-state index contributed by atoms with van der Waals surface area (Å²) >= 11 is 5.92. The summed E-state index contributed by atoms with van der Waals surface area (Å²) < 4.78 is 6.52. The minimum atomic E-state index is -0.437. The van der Waals surface area contributed by atoms with Crippen molar-refractivity contribution >= 4 is 63.1 Å². The minimum Gasteiger partial charge on any atom is -0.465 e. The Labute approximate surface area is 169 Å². The van der Waals surface area contributed by atoms with Gasteiger partial charge in [-0.15, -0.1) is 21.5 Å². The number of esters is 1. The van der Waals surface area contributed by atoms with Crippen LogP contribution in [0.25, 0.3) is 0 Å². The monoisotopic (exact) mass is 431 g/mol. The highest BCUT2D eigenvalue weighted by Gasteiger charge is 2.21. The highest BCUT2D eigenvalue weighted by Crippen LogP contribution is 2.33. The molecule has 0 aliphatic rings. The molecule has 10 heteroatoms. The van der Waals surface area contributed by atoms with Crippen LogP contribution in [0.4, 0.5) is 5.00 Å². The fourth-order valence-electron chi connectivity index (χ4n) is 1.97. The molecule has 2 rings (SSSR count). The van der Waals surface area contributed by atoms with Crippen LogP contribution in [-0.4, -0.2) is 40.7 Å². The Morgan fingerprint density at radius 2 is 1.85 bits per heavy atom. The van der Waals surface area contributed by atoms with E-state index in [1.54, 1.807) is 11.8 Å². The molecule has 0 bridgehead atoms. The van der Waals surface area contributed by atoms with Crippen molar-refractivity contribution in [2.24, 2.45) is 0 Å². The zero-order valence-electron chi connectivity index (χ0n) is 15.1. The van der Waals surface area contributed by atoms with Gasteiger partial charge in [0.05, 0.1) is 18.4 Å². The third-order valence-electron chi connectivity index (χ3n) is 3.47. The average Bonchev–Trinajstić information content (AvgIpc) is 3.18. The molecule has 0 atom stereocenters. The molecule has 1 amide bonds. The Kier molecular flexibility index (Phi) is 8.39. The Morgan fingerprint density at radius 3 is 2.50 bits per heavy atom. The summed E-state index contributed by atoms with van der Waals surface area (Å²) in [5, 5.41) is 11.6. The number of amides is 1. The van der Waals surface area contributed by atoms with Crippen molar-refractivity contribution in [3.8, 4) is 0 Å². The quantitative estimate of drug-likeness (QED) is 0.352. The SMILES string of the molecule is CCCCSc1nnc(SCC(=O)Nc2sc(C)c(C)c2C(=O)OC)s1. The van der Waals surface area contributed by atoms with Crippen LogP contribution in [0.15, 0.2) is 8.68 Å². The lowest BCUT2D eigenvalue weighted by atomic mass is 10.1. The van der Waals surface area contributed by atoms with Crippen molar-refractivity contribution in [1.29, 1.82) is 0 Å². The lowest BCUT2D eigenvalue weighted by molar-refractivity contribution is -0.113. The number of thiophene rings is 1. The Hall–Kier alpha value is -1.10. The number of hydrogen-bond acceptors (Lipinski definition) is 9. The highest BCUT2D eigenvalue weighted by molar-refractivity contribution is 8.03. The maximum atomic E-state index is 12.3. The Balaban J connectivity index is 1.92. The van der Waals surface area contributed by atoms with Gasteiger partial charge >= 0.3 is 5.97 Å². The number of rotatable bonds is 9. The molecule has 0 aliphatic heterocycles. The van der Waals surface area contributed by atoms with Gasteiger partial charge in [0, 0.05) is 10.6 Å². The fraction of sp³-hybridized carbons (Fsp3) is 0.500. The van der Waals surface area contributed by atoms with Crippen molar-refractivity contribution in [3.63, 3.8) is 0 Å². The number of nitrogens with zero attached hydrogens (tertiary/aromatic N) is 2. The summed E-state index contributed by atoms with van der Waals surface area (Å²) in [4.78, 5) is 25.2. The molecular formula is C16H21N3O3S4. The number of carbonyl (C=O) groups is 2. The topological polar surface area (TPSA) is 81.2 Å². The normalized spacial score (nSPS) is 10.8. The molecule has 2 aromatic heterocycles. The maximum absolute atomic E-state index is 12.3. The first kappa shape index (κ1) is 21.2. The van der Waals surface area contributed by atoms with Crippen LogP contribution in [0, 0.1) is 13.8 Å². The number of aromatic nitrogens is 2. The van der Waals surface area contributed by atoms with Crippen LogP contribution < -0.4 is 5.32 Å². The van der Waals surface area contributed by atoms with Gasteiger partial charge in [-0.25, -0.2) is 4.79 Å². The number of anilines is 1.